The second-order valence-electron chi connectivity index (χ2n) is 5.33. The number of hydrogen-bond donors (Lipinski definition) is 0. The van der Waals surface area contributed by atoms with Gasteiger partial charge in [0.25, 0.3) is 0 Å². The molecule has 0 bridgehead atoms. The molecule has 0 radical (unpaired) electrons. The van der Waals surface area contributed by atoms with Crippen LogP contribution in [0.5, 0.6) is 0 Å². The van der Waals surface area contributed by atoms with Crippen molar-refractivity contribution < 1.29 is 14.3 Å². The number of ether oxygens (including phenoxy) is 1. The van der Waals surface area contributed by atoms with Crippen LogP contribution in [-0.2, 0) is 14.3 Å². The van der Waals surface area contributed by atoms with Crippen LogP contribution in [-0.4, -0.2) is 24.6 Å². The first kappa shape index (κ1) is 16.4. The van der Waals surface area contributed by atoms with Gasteiger partial charge in [0.15, 0.2) is 0 Å². The molecule has 0 amide bonds. The van der Waals surface area contributed by atoms with Gasteiger partial charge in [0.05, 0.1) is 18.6 Å². The molecule has 2 atom stereocenters. The lowest BCUT2D eigenvalue weighted by molar-refractivity contribution is -0.136. The van der Waals surface area contributed by atoms with E-state index in [2.05, 4.69) is 4.99 Å². The molecular formula is C17H18ClNO3. The average molecular weight is 320 g/mol. The molecule has 5 heteroatoms. The maximum Gasteiger partial charge on any atom is 0.336 e. The number of rotatable bonds is 3. The molecule has 0 saturated heterocycles. The fourth-order valence-electron chi connectivity index (χ4n) is 3.00. The van der Waals surface area contributed by atoms with Crippen LogP contribution >= 0.6 is 11.6 Å². The molecule has 0 N–H and O–H groups in total. The van der Waals surface area contributed by atoms with E-state index in [9.17, 15) is 9.59 Å². The summed E-state index contributed by atoms with van der Waals surface area (Å²) < 4.78 is 4.89. The summed E-state index contributed by atoms with van der Waals surface area (Å²) in [5, 5.41) is 0.516. The van der Waals surface area contributed by atoms with E-state index in [-0.39, 0.29) is 5.78 Å². The highest BCUT2D eigenvalue weighted by Crippen LogP contribution is 2.42. The Labute approximate surface area is 134 Å². The lowest BCUT2D eigenvalue weighted by Crippen LogP contribution is -2.34. The Kier molecular flexibility index (Phi) is 4.81. The Balaban J connectivity index is 2.71. The molecule has 0 spiro atoms. The van der Waals surface area contributed by atoms with Gasteiger partial charge < -0.3 is 4.74 Å². The number of aliphatic imine (C=N–C) groups is 1. The second kappa shape index (κ2) is 6.44. The van der Waals surface area contributed by atoms with E-state index in [0.29, 0.717) is 22.0 Å². The molecule has 22 heavy (non-hydrogen) atoms. The Morgan fingerprint density at radius 3 is 2.41 bits per heavy atom. The lowest BCUT2D eigenvalue weighted by Gasteiger charge is -2.31. The quantitative estimate of drug-likeness (QED) is 0.801. The SMILES string of the molecule is COC(=O)C1=C(C)N=C(C)C(C(C)=O)C1c1ccccc1Cl. The predicted octanol–water partition coefficient (Wildman–Crippen LogP) is 3.55. The number of carbonyl (C=O) groups excluding carboxylic acids is 2. The van der Waals surface area contributed by atoms with E-state index in [4.69, 9.17) is 16.3 Å². The Hall–Kier alpha value is -1.94. The van der Waals surface area contributed by atoms with Crippen LogP contribution in [0.3, 0.4) is 0 Å². The standard InChI is InChI=1S/C17H18ClNO3/c1-9-14(11(3)20)16(12-7-5-6-8-13(12)18)15(10(2)19-9)17(21)22-4/h5-8,14,16H,1-4H3. The Morgan fingerprint density at radius 2 is 1.86 bits per heavy atom. The summed E-state index contributed by atoms with van der Waals surface area (Å²) in [7, 11) is 1.32. The van der Waals surface area contributed by atoms with Crippen molar-refractivity contribution in [3.63, 3.8) is 0 Å². The number of benzene rings is 1. The zero-order valence-corrected chi connectivity index (χ0v) is 13.8. The number of hydrogen-bond acceptors (Lipinski definition) is 4. The first-order chi connectivity index (χ1) is 10.4. The molecule has 1 aliphatic rings. The van der Waals surface area contributed by atoms with Gasteiger partial charge in [0.1, 0.15) is 5.78 Å². The minimum atomic E-state index is -0.516. The third-order valence-electron chi connectivity index (χ3n) is 3.91. The molecule has 0 fully saturated rings. The van der Waals surface area contributed by atoms with Gasteiger partial charge in [-0.3, -0.25) is 9.79 Å². The first-order valence-corrected chi connectivity index (χ1v) is 7.35. The van der Waals surface area contributed by atoms with E-state index in [1.165, 1.54) is 14.0 Å². The van der Waals surface area contributed by atoms with Gasteiger partial charge >= 0.3 is 5.97 Å². The minimum Gasteiger partial charge on any atom is -0.466 e. The molecule has 1 aromatic carbocycles. The van der Waals surface area contributed by atoms with Crippen LogP contribution < -0.4 is 0 Å². The van der Waals surface area contributed by atoms with Crippen LogP contribution in [0.15, 0.2) is 40.5 Å². The van der Waals surface area contributed by atoms with Crippen molar-refractivity contribution in [3.05, 3.63) is 46.1 Å². The molecule has 1 heterocycles. The zero-order chi connectivity index (χ0) is 16.4. The number of halogens is 1. The van der Waals surface area contributed by atoms with Gasteiger partial charge in [0.2, 0.25) is 0 Å². The molecular weight excluding hydrogens is 302 g/mol. The zero-order valence-electron chi connectivity index (χ0n) is 13.0. The molecule has 1 aromatic rings. The van der Waals surface area contributed by atoms with Gasteiger partial charge in [-0.05, 0) is 32.4 Å². The third kappa shape index (κ3) is 2.83. The Morgan fingerprint density at radius 1 is 1.23 bits per heavy atom. The number of esters is 1. The largest absolute Gasteiger partial charge is 0.466 e. The van der Waals surface area contributed by atoms with Crippen LogP contribution in [0.2, 0.25) is 5.02 Å². The van der Waals surface area contributed by atoms with Crippen molar-refractivity contribution >= 4 is 29.1 Å². The smallest absolute Gasteiger partial charge is 0.336 e. The van der Waals surface area contributed by atoms with E-state index in [1.54, 1.807) is 19.9 Å². The van der Waals surface area contributed by atoms with E-state index in [1.807, 2.05) is 18.2 Å². The molecule has 0 saturated carbocycles. The summed E-state index contributed by atoms with van der Waals surface area (Å²) in [5.74, 6) is -1.53. The lowest BCUT2D eigenvalue weighted by atomic mass is 9.74. The van der Waals surface area contributed by atoms with Gasteiger partial charge in [-0.1, -0.05) is 29.8 Å². The van der Waals surface area contributed by atoms with Gasteiger partial charge in [-0.15, -0.1) is 0 Å². The van der Waals surface area contributed by atoms with Crippen molar-refractivity contribution in [1.82, 2.24) is 0 Å². The minimum absolute atomic E-state index is 0.0555. The molecule has 4 nitrogen and oxygen atoms in total. The Bertz CT molecular complexity index is 691. The number of ketones is 1. The molecule has 2 rings (SSSR count). The summed E-state index contributed by atoms with van der Waals surface area (Å²) in [6.07, 6.45) is 0. The normalized spacial score (nSPS) is 21.4. The molecule has 1 aliphatic heterocycles. The number of allylic oxidation sites excluding steroid dienone is 1. The predicted molar refractivity (Wildman–Crippen MR) is 86.2 cm³/mol. The number of nitrogens with zero attached hydrogens (tertiary/aromatic N) is 1. The maximum atomic E-state index is 12.2. The number of carbonyl (C=O) groups is 2. The summed E-state index contributed by atoms with van der Waals surface area (Å²) >= 11 is 6.31. The van der Waals surface area contributed by atoms with Crippen LogP contribution in [0.25, 0.3) is 0 Å². The van der Waals surface area contributed by atoms with E-state index < -0.39 is 17.8 Å². The third-order valence-corrected chi connectivity index (χ3v) is 4.26. The fourth-order valence-corrected chi connectivity index (χ4v) is 3.26. The van der Waals surface area contributed by atoms with Crippen LogP contribution in [0.1, 0.15) is 32.3 Å². The summed E-state index contributed by atoms with van der Waals surface area (Å²) in [5.41, 5.74) is 2.37. The highest BCUT2D eigenvalue weighted by Gasteiger charge is 2.40. The summed E-state index contributed by atoms with van der Waals surface area (Å²) in [6, 6.07) is 7.23. The second-order valence-corrected chi connectivity index (χ2v) is 5.74. The fraction of sp³-hybridized carbons (Fsp3) is 0.353. The topological polar surface area (TPSA) is 55.7 Å². The van der Waals surface area contributed by atoms with Gasteiger partial charge in [-0.25, -0.2) is 4.79 Å². The highest BCUT2D eigenvalue weighted by atomic mass is 35.5. The van der Waals surface area contributed by atoms with Crippen molar-refractivity contribution in [1.29, 1.82) is 0 Å². The number of Topliss-reactive ketones (excluding diaryl/α,β-unsaturated/α-hetero) is 1. The molecule has 0 aromatic heterocycles. The van der Waals surface area contributed by atoms with Gasteiger partial charge in [-0.2, -0.15) is 0 Å². The monoisotopic (exact) mass is 319 g/mol. The summed E-state index contributed by atoms with van der Waals surface area (Å²) in [6.45, 7) is 5.05. The van der Waals surface area contributed by atoms with E-state index in [0.717, 1.165) is 5.56 Å². The van der Waals surface area contributed by atoms with Crippen molar-refractivity contribution in [2.24, 2.45) is 10.9 Å². The average Bonchev–Trinajstić information content (AvgIpc) is 2.45. The molecule has 2 unspecified atom stereocenters. The summed E-state index contributed by atoms with van der Waals surface area (Å²) in [4.78, 5) is 28.8. The maximum absolute atomic E-state index is 12.2. The van der Waals surface area contributed by atoms with Crippen molar-refractivity contribution in [2.45, 2.75) is 26.7 Å². The van der Waals surface area contributed by atoms with Crippen LogP contribution in [0, 0.1) is 5.92 Å². The highest BCUT2D eigenvalue weighted by molar-refractivity contribution is 6.31. The number of methoxy groups -OCH3 is 1. The van der Waals surface area contributed by atoms with Crippen LogP contribution in [0.4, 0.5) is 0 Å². The van der Waals surface area contributed by atoms with Gasteiger partial charge in [0, 0.05) is 22.3 Å². The van der Waals surface area contributed by atoms with E-state index >= 15 is 0 Å². The van der Waals surface area contributed by atoms with Crippen molar-refractivity contribution in [3.8, 4) is 0 Å². The van der Waals surface area contributed by atoms with Crippen molar-refractivity contribution in [2.75, 3.05) is 7.11 Å². The molecule has 0 aliphatic carbocycles. The first-order valence-electron chi connectivity index (χ1n) is 6.97. The molecule has 116 valence electrons.